The summed E-state index contributed by atoms with van der Waals surface area (Å²) in [6.45, 7) is 0. The van der Waals surface area contributed by atoms with E-state index in [-0.39, 0.29) is 6.42 Å². The van der Waals surface area contributed by atoms with Crippen molar-refractivity contribution in [2.75, 3.05) is 7.11 Å². The summed E-state index contributed by atoms with van der Waals surface area (Å²) < 4.78 is 19.8. The lowest BCUT2D eigenvalue weighted by molar-refractivity contribution is 0.172. The average molecular weight is 360 g/mol. The molecule has 0 saturated carbocycles. The maximum atomic E-state index is 13.7. The first kappa shape index (κ1) is 15.3. The third-order valence-corrected chi connectivity index (χ3v) is 3.71. The van der Waals surface area contributed by atoms with Crippen molar-refractivity contribution < 1.29 is 14.2 Å². The largest absolute Gasteiger partial charge is 0.496 e. The normalized spacial score (nSPS) is 12.2. The van der Waals surface area contributed by atoms with E-state index < -0.39 is 11.9 Å². The lowest BCUT2D eigenvalue weighted by Crippen LogP contribution is -2.05. The molecule has 0 aliphatic carbocycles. The summed E-state index contributed by atoms with van der Waals surface area (Å²) in [5.74, 6) is 0.133. The fourth-order valence-electron chi connectivity index (χ4n) is 1.97. The Morgan fingerprint density at radius 1 is 1.30 bits per heavy atom. The Hall–Kier alpha value is -1.10. The molecule has 0 fully saturated rings. The molecule has 2 rings (SSSR count). The fourth-order valence-corrected chi connectivity index (χ4v) is 2.46. The van der Waals surface area contributed by atoms with Crippen LogP contribution >= 0.6 is 27.5 Å². The Labute approximate surface area is 130 Å². The average Bonchev–Trinajstić information content (AvgIpc) is 2.41. The number of ether oxygens (including phenoxy) is 1. The van der Waals surface area contributed by atoms with Gasteiger partial charge in [-0.1, -0.05) is 39.7 Å². The first-order valence-corrected chi connectivity index (χ1v) is 7.14. The van der Waals surface area contributed by atoms with E-state index in [9.17, 15) is 9.50 Å². The Bertz CT molecular complexity index is 619. The van der Waals surface area contributed by atoms with E-state index in [0.29, 0.717) is 21.9 Å². The van der Waals surface area contributed by atoms with Crippen molar-refractivity contribution in [1.29, 1.82) is 0 Å². The van der Waals surface area contributed by atoms with Gasteiger partial charge in [0.2, 0.25) is 0 Å². The molecule has 0 amide bonds. The van der Waals surface area contributed by atoms with Gasteiger partial charge >= 0.3 is 0 Å². The molecular formula is C15H13BrClFO2. The molecule has 0 aliphatic rings. The van der Waals surface area contributed by atoms with Gasteiger partial charge in [0.05, 0.1) is 13.2 Å². The summed E-state index contributed by atoms with van der Waals surface area (Å²) >= 11 is 9.04. The fraction of sp³-hybridized carbons (Fsp3) is 0.200. The van der Waals surface area contributed by atoms with Crippen LogP contribution in [0, 0.1) is 5.82 Å². The van der Waals surface area contributed by atoms with Crippen LogP contribution in [-0.2, 0) is 6.42 Å². The van der Waals surface area contributed by atoms with E-state index >= 15 is 0 Å². The van der Waals surface area contributed by atoms with E-state index in [1.807, 2.05) is 0 Å². The summed E-state index contributed by atoms with van der Waals surface area (Å²) in [7, 11) is 1.53. The third-order valence-electron chi connectivity index (χ3n) is 2.98. The summed E-state index contributed by atoms with van der Waals surface area (Å²) in [6.07, 6.45) is -0.699. The van der Waals surface area contributed by atoms with Crippen LogP contribution in [0.25, 0.3) is 0 Å². The first-order chi connectivity index (χ1) is 9.51. The number of benzene rings is 2. The van der Waals surface area contributed by atoms with Gasteiger partial charge in [-0.3, -0.25) is 0 Å². The van der Waals surface area contributed by atoms with Crippen LogP contribution < -0.4 is 4.74 Å². The lowest BCUT2D eigenvalue weighted by atomic mass is 10.0. The summed E-state index contributed by atoms with van der Waals surface area (Å²) in [5.41, 5.74) is 1.02. The molecule has 1 unspecified atom stereocenters. The van der Waals surface area contributed by atoms with Gasteiger partial charge in [-0.05, 0) is 29.8 Å². The van der Waals surface area contributed by atoms with Gasteiger partial charge in [0, 0.05) is 21.5 Å². The second kappa shape index (κ2) is 6.57. The molecule has 1 atom stereocenters. The Morgan fingerprint density at radius 2 is 2.05 bits per heavy atom. The molecule has 5 heteroatoms. The molecule has 0 heterocycles. The zero-order chi connectivity index (χ0) is 14.7. The van der Waals surface area contributed by atoms with E-state index in [2.05, 4.69) is 15.9 Å². The minimum absolute atomic E-state index is 0.154. The van der Waals surface area contributed by atoms with Gasteiger partial charge < -0.3 is 9.84 Å². The highest BCUT2D eigenvalue weighted by Crippen LogP contribution is 2.31. The highest BCUT2D eigenvalue weighted by Gasteiger charge is 2.16. The standard InChI is InChI=1S/C15H13BrClFO2/c1-20-15-7-10(16)3-5-12(15)14(19)6-9-2-4-11(17)8-13(9)18/h2-5,7-8,14,19H,6H2,1H3. The highest BCUT2D eigenvalue weighted by atomic mass is 79.9. The predicted molar refractivity (Wildman–Crippen MR) is 80.8 cm³/mol. The monoisotopic (exact) mass is 358 g/mol. The second-order valence-corrected chi connectivity index (χ2v) is 5.69. The van der Waals surface area contributed by atoms with Gasteiger partial charge in [-0.15, -0.1) is 0 Å². The van der Waals surface area contributed by atoms with Gasteiger partial charge in [-0.2, -0.15) is 0 Å². The quantitative estimate of drug-likeness (QED) is 0.869. The van der Waals surface area contributed by atoms with Crippen LogP contribution in [-0.4, -0.2) is 12.2 Å². The molecule has 0 aromatic heterocycles. The van der Waals surface area contributed by atoms with E-state index in [4.69, 9.17) is 16.3 Å². The molecule has 0 aliphatic heterocycles. The minimum Gasteiger partial charge on any atom is -0.496 e. The summed E-state index contributed by atoms with van der Waals surface area (Å²) in [5, 5.41) is 10.6. The van der Waals surface area contributed by atoms with Crippen LogP contribution in [0.5, 0.6) is 5.75 Å². The molecule has 2 aromatic rings. The van der Waals surface area contributed by atoms with Crippen molar-refractivity contribution in [3.8, 4) is 5.75 Å². The lowest BCUT2D eigenvalue weighted by Gasteiger charge is -2.15. The van der Waals surface area contributed by atoms with Crippen molar-refractivity contribution in [2.24, 2.45) is 0 Å². The van der Waals surface area contributed by atoms with Crippen molar-refractivity contribution in [3.05, 3.63) is 62.8 Å². The van der Waals surface area contributed by atoms with Gasteiger partial charge in [0.25, 0.3) is 0 Å². The molecule has 0 bridgehead atoms. The number of hydrogen-bond acceptors (Lipinski definition) is 2. The first-order valence-electron chi connectivity index (χ1n) is 5.96. The van der Waals surface area contributed by atoms with Crippen LogP contribution in [0.15, 0.2) is 40.9 Å². The van der Waals surface area contributed by atoms with Crippen molar-refractivity contribution in [2.45, 2.75) is 12.5 Å². The van der Waals surface area contributed by atoms with Crippen molar-refractivity contribution in [3.63, 3.8) is 0 Å². The van der Waals surface area contributed by atoms with Crippen LogP contribution in [0.3, 0.4) is 0 Å². The SMILES string of the molecule is COc1cc(Br)ccc1C(O)Cc1ccc(Cl)cc1F. The number of rotatable bonds is 4. The maximum absolute atomic E-state index is 13.7. The predicted octanol–water partition coefficient (Wildman–Crippen LogP) is 4.53. The number of aliphatic hydroxyl groups is 1. The minimum atomic E-state index is -0.853. The molecule has 0 radical (unpaired) electrons. The van der Waals surface area contributed by atoms with Crippen LogP contribution in [0.4, 0.5) is 4.39 Å². The molecule has 1 N–H and O–H groups in total. The Morgan fingerprint density at radius 3 is 2.70 bits per heavy atom. The number of halogens is 3. The summed E-state index contributed by atoms with van der Waals surface area (Å²) in [4.78, 5) is 0. The molecule has 20 heavy (non-hydrogen) atoms. The number of aliphatic hydroxyl groups excluding tert-OH is 1. The van der Waals surface area contributed by atoms with Crippen molar-refractivity contribution in [1.82, 2.24) is 0 Å². The number of hydrogen-bond donors (Lipinski definition) is 1. The smallest absolute Gasteiger partial charge is 0.127 e. The van der Waals surface area contributed by atoms with E-state index in [0.717, 1.165) is 4.47 Å². The van der Waals surface area contributed by atoms with E-state index in [1.165, 1.54) is 13.2 Å². The van der Waals surface area contributed by atoms with Gasteiger partial charge in [0.15, 0.2) is 0 Å². The number of methoxy groups -OCH3 is 1. The maximum Gasteiger partial charge on any atom is 0.127 e. The second-order valence-electron chi connectivity index (χ2n) is 4.34. The van der Waals surface area contributed by atoms with Gasteiger partial charge in [-0.25, -0.2) is 4.39 Å². The topological polar surface area (TPSA) is 29.5 Å². The Balaban J connectivity index is 2.25. The highest BCUT2D eigenvalue weighted by molar-refractivity contribution is 9.10. The molecule has 0 spiro atoms. The third kappa shape index (κ3) is 3.51. The molecule has 2 aromatic carbocycles. The van der Waals surface area contributed by atoms with Crippen molar-refractivity contribution >= 4 is 27.5 Å². The molecular weight excluding hydrogens is 347 g/mol. The Kier molecular flexibility index (Phi) is 5.02. The molecule has 106 valence electrons. The molecule has 2 nitrogen and oxygen atoms in total. The molecule has 0 saturated heterocycles. The zero-order valence-corrected chi connectivity index (χ0v) is 13.1. The summed E-state index contributed by atoms with van der Waals surface area (Å²) in [6, 6.07) is 9.73. The zero-order valence-electron chi connectivity index (χ0n) is 10.7. The van der Waals surface area contributed by atoms with Crippen LogP contribution in [0.2, 0.25) is 5.02 Å². The van der Waals surface area contributed by atoms with Gasteiger partial charge in [0.1, 0.15) is 11.6 Å². The van der Waals surface area contributed by atoms with Crippen LogP contribution in [0.1, 0.15) is 17.2 Å². The van der Waals surface area contributed by atoms with E-state index in [1.54, 1.807) is 30.3 Å².